The highest BCUT2D eigenvalue weighted by Crippen LogP contribution is 2.32. The molecule has 4 nitrogen and oxygen atoms in total. The van der Waals surface area contributed by atoms with Crippen LogP contribution < -0.4 is 5.32 Å². The summed E-state index contributed by atoms with van der Waals surface area (Å²) in [4.78, 5) is 18.7. The van der Waals surface area contributed by atoms with Crippen LogP contribution in [0.25, 0.3) is 10.6 Å². The second-order valence-electron chi connectivity index (χ2n) is 5.08. The lowest BCUT2D eigenvalue weighted by Crippen LogP contribution is -2.46. The molecule has 116 valence electrons. The van der Waals surface area contributed by atoms with Crippen LogP contribution in [0.2, 0.25) is 10.0 Å². The molecule has 0 bridgehead atoms. The van der Waals surface area contributed by atoms with E-state index in [1.165, 1.54) is 11.3 Å². The van der Waals surface area contributed by atoms with E-state index in [-0.39, 0.29) is 5.91 Å². The minimum atomic E-state index is 0.126. The highest BCUT2D eigenvalue weighted by Gasteiger charge is 2.18. The first-order chi connectivity index (χ1) is 10.6. The molecule has 0 aliphatic carbocycles. The van der Waals surface area contributed by atoms with Gasteiger partial charge in [-0.25, -0.2) is 4.98 Å². The van der Waals surface area contributed by atoms with Crippen molar-refractivity contribution < 1.29 is 4.79 Å². The number of halogens is 2. The molecule has 0 atom stereocenters. The number of thiazole rings is 1. The standard InChI is InChI=1S/C15H15Cl2N3OS/c16-10-1-2-12(13(17)7-10)15-19-11(9-22-15)8-14(21)20-5-3-18-4-6-20/h1-2,7,9,18H,3-6,8H2. The third kappa shape index (κ3) is 3.60. The van der Waals surface area contributed by atoms with Gasteiger partial charge >= 0.3 is 0 Å². The normalized spacial score (nSPS) is 15.1. The summed E-state index contributed by atoms with van der Waals surface area (Å²) in [6, 6.07) is 5.34. The fraction of sp³-hybridized carbons (Fsp3) is 0.333. The molecule has 2 aromatic rings. The number of piperazine rings is 1. The van der Waals surface area contributed by atoms with Crippen molar-refractivity contribution in [1.29, 1.82) is 0 Å². The maximum atomic E-state index is 12.2. The second-order valence-corrected chi connectivity index (χ2v) is 6.78. The predicted molar refractivity (Wildman–Crippen MR) is 90.7 cm³/mol. The summed E-state index contributed by atoms with van der Waals surface area (Å²) in [6.07, 6.45) is 0.335. The highest BCUT2D eigenvalue weighted by atomic mass is 35.5. The first kappa shape index (κ1) is 15.7. The molecule has 7 heteroatoms. The van der Waals surface area contributed by atoms with Crippen molar-refractivity contribution in [2.24, 2.45) is 0 Å². The molecule has 1 aromatic heterocycles. The summed E-state index contributed by atoms with van der Waals surface area (Å²) < 4.78 is 0. The van der Waals surface area contributed by atoms with Gasteiger partial charge in [-0.3, -0.25) is 4.79 Å². The summed E-state index contributed by atoms with van der Waals surface area (Å²) in [5, 5.41) is 7.13. The highest BCUT2D eigenvalue weighted by molar-refractivity contribution is 7.13. The molecular formula is C15H15Cl2N3OS. The molecule has 0 unspecified atom stereocenters. The molecule has 22 heavy (non-hydrogen) atoms. The molecule has 0 spiro atoms. The van der Waals surface area contributed by atoms with Gasteiger partial charge in [0.25, 0.3) is 0 Å². The number of rotatable bonds is 3. The van der Waals surface area contributed by atoms with Crippen LogP contribution in [-0.2, 0) is 11.2 Å². The van der Waals surface area contributed by atoms with Crippen molar-refractivity contribution >= 4 is 40.4 Å². The van der Waals surface area contributed by atoms with Gasteiger partial charge in [-0.15, -0.1) is 11.3 Å². The predicted octanol–water partition coefficient (Wildman–Crippen LogP) is 3.09. The number of nitrogens with one attached hydrogen (secondary N) is 1. The van der Waals surface area contributed by atoms with Gasteiger partial charge in [0, 0.05) is 42.1 Å². The van der Waals surface area contributed by atoms with Crippen LogP contribution in [0.5, 0.6) is 0 Å². The summed E-state index contributed by atoms with van der Waals surface area (Å²) in [7, 11) is 0. The van der Waals surface area contributed by atoms with Crippen molar-refractivity contribution in [3.8, 4) is 10.6 Å². The number of carbonyl (C=O) groups is 1. The number of aromatic nitrogens is 1. The number of hydrogen-bond donors (Lipinski definition) is 1. The maximum Gasteiger partial charge on any atom is 0.228 e. The number of hydrogen-bond acceptors (Lipinski definition) is 4. The summed E-state index contributed by atoms with van der Waals surface area (Å²) in [6.45, 7) is 3.24. The number of benzene rings is 1. The zero-order valence-electron chi connectivity index (χ0n) is 11.8. The van der Waals surface area contributed by atoms with Gasteiger partial charge in [-0.05, 0) is 18.2 Å². The third-order valence-electron chi connectivity index (χ3n) is 3.52. The molecule has 0 radical (unpaired) electrons. The lowest BCUT2D eigenvalue weighted by molar-refractivity contribution is -0.131. The fourth-order valence-electron chi connectivity index (χ4n) is 2.36. The van der Waals surface area contributed by atoms with Crippen LogP contribution in [0.3, 0.4) is 0 Å². The Morgan fingerprint density at radius 2 is 2.09 bits per heavy atom. The molecular weight excluding hydrogens is 341 g/mol. The molecule has 1 aliphatic rings. The fourth-order valence-corrected chi connectivity index (χ4v) is 3.77. The van der Waals surface area contributed by atoms with E-state index in [1.807, 2.05) is 16.3 Å². The maximum absolute atomic E-state index is 12.2. The van der Waals surface area contributed by atoms with E-state index in [4.69, 9.17) is 23.2 Å². The van der Waals surface area contributed by atoms with E-state index in [9.17, 15) is 4.79 Å². The Bertz CT molecular complexity index is 683. The molecule has 1 aromatic carbocycles. The van der Waals surface area contributed by atoms with E-state index in [0.717, 1.165) is 42.4 Å². The Labute approximate surface area is 143 Å². The first-order valence-corrected chi connectivity index (χ1v) is 8.65. The van der Waals surface area contributed by atoms with Crippen molar-refractivity contribution in [1.82, 2.24) is 15.2 Å². The van der Waals surface area contributed by atoms with Crippen molar-refractivity contribution in [2.75, 3.05) is 26.2 Å². The summed E-state index contributed by atoms with van der Waals surface area (Å²) in [5.41, 5.74) is 1.63. The van der Waals surface area contributed by atoms with Gasteiger partial charge < -0.3 is 10.2 Å². The van der Waals surface area contributed by atoms with Crippen molar-refractivity contribution in [3.05, 3.63) is 39.3 Å². The Morgan fingerprint density at radius 1 is 1.32 bits per heavy atom. The van der Waals surface area contributed by atoms with Gasteiger partial charge in [0.2, 0.25) is 5.91 Å². The third-order valence-corrected chi connectivity index (χ3v) is 4.99. The van der Waals surface area contributed by atoms with Gasteiger partial charge in [-0.1, -0.05) is 23.2 Å². The van der Waals surface area contributed by atoms with Crippen LogP contribution in [-0.4, -0.2) is 42.0 Å². The molecule has 1 amide bonds. The van der Waals surface area contributed by atoms with E-state index in [0.29, 0.717) is 16.5 Å². The molecule has 1 saturated heterocycles. The smallest absolute Gasteiger partial charge is 0.228 e. The van der Waals surface area contributed by atoms with Crippen LogP contribution in [0.15, 0.2) is 23.6 Å². The van der Waals surface area contributed by atoms with Crippen LogP contribution in [0, 0.1) is 0 Å². The minimum absolute atomic E-state index is 0.126. The van der Waals surface area contributed by atoms with Gasteiger partial charge in [-0.2, -0.15) is 0 Å². The Balaban J connectivity index is 1.72. The van der Waals surface area contributed by atoms with E-state index >= 15 is 0 Å². The number of nitrogens with zero attached hydrogens (tertiary/aromatic N) is 2. The topological polar surface area (TPSA) is 45.2 Å². The van der Waals surface area contributed by atoms with Crippen LogP contribution in [0.1, 0.15) is 5.69 Å². The van der Waals surface area contributed by atoms with E-state index < -0.39 is 0 Å². The molecule has 0 saturated carbocycles. The summed E-state index contributed by atoms with van der Waals surface area (Å²) in [5.74, 6) is 0.126. The Morgan fingerprint density at radius 3 is 2.82 bits per heavy atom. The first-order valence-electron chi connectivity index (χ1n) is 7.02. The monoisotopic (exact) mass is 355 g/mol. The zero-order valence-corrected chi connectivity index (χ0v) is 14.1. The molecule has 1 fully saturated rings. The quantitative estimate of drug-likeness (QED) is 0.919. The minimum Gasteiger partial charge on any atom is -0.340 e. The van der Waals surface area contributed by atoms with Crippen molar-refractivity contribution in [2.45, 2.75) is 6.42 Å². The Hall–Kier alpha value is -1.14. The second kappa shape index (κ2) is 6.96. The van der Waals surface area contributed by atoms with Gasteiger partial charge in [0.1, 0.15) is 5.01 Å². The molecule has 1 aliphatic heterocycles. The lowest BCUT2D eigenvalue weighted by atomic mass is 10.2. The van der Waals surface area contributed by atoms with Gasteiger partial charge in [0.05, 0.1) is 17.1 Å². The largest absolute Gasteiger partial charge is 0.340 e. The van der Waals surface area contributed by atoms with Crippen LogP contribution in [0.4, 0.5) is 0 Å². The Kier molecular flexibility index (Phi) is 4.98. The average molecular weight is 356 g/mol. The molecule has 1 N–H and O–H groups in total. The SMILES string of the molecule is O=C(Cc1csc(-c2ccc(Cl)cc2Cl)n1)N1CCNCC1. The van der Waals surface area contributed by atoms with Crippen LogP contribution >= 0.6 is 34.5 Å². The van der Waals surface area contributed by atoms with Crippen molar-refractivity contribution in [3.63, 3.8) is 0 Å². The number of carbonyl (C=O) groups excluding carboxylic acids is 1. The van der Waals surface area contributed by atoms with Gasteiger partial charge in [0.15, 0.2) is 0 Å². The molecule has 2 heterocycles. The molecule has 3 rings (SSSR count). The number of amides is 1. The van der Waals surface area contributed by atoms with E-state index in [1.54, 1.807) is 12.1 Å². The zero-order chi connectivity index (χ0) is 15.5. The lowest BCUT2D eigenvalue weighted by Gasteiger charge is -2.27. The van der Waals surface area contributed by atoms with E-state index in [2.05, 4.69) is 10.3 Å². The average Bonchev–Trinajstić information content (AvgIpc) is 2.96. The summed E-state index contributed by atoms with van der Waals surface area (Å²) >= 11 is 13.6.